The van der Waals surface area contributed by atoms with Gasteiger partial charge in [0.1, 0.15) is 5.52 Å². The van der Waals surface area contributed by atoms with Crippen LogP contribution >= 0.6 is 24.0 Å². The Morgan fingerprint density at radius 2 is 2.26 bits per heavy atom. The molecule has 0 saturated heterocycles. The van der Waals surface area contributed by atoms with Crippen molar-refractivity contribution in [2.45, 2.75) is 6.92 Å². The summed E-state index contributed by atoms with van der Waals surface area (Å²) in [6.07, 6.45) is 0. The van der Waals surface area contributed by atoms with E-state index >= 15 is 0 Å². The summed E-state index contributed by atoms with van der Waals surface area (Å²) in [5, 5.41) is 6.26. The molecule has 1 aromatic heterocycles. The summed E-state index contributed by atoms with van der Waals surface area (Å²) in [5.74, 6) is 0.212. The number of anilines is 1. The van der Waals surface area contributed by atoms with Crippen LogP contribution in [0.3, 0.4) is 0 Å². The number of aromatic nitrogens is 2. The topological polar surface area (TPSA) is 69.8 Å². The number of H-pyrrole nitrogens is 1. The number of carbonyl (C=O) groups is 1. The van der Waals surface area contributed by atoms with Crippen LogP contribution in [0.2, 0.25) is 5.02 Å². The Labute approximate surface area is 122 Å². The fraction of sp³-hybridized carbons (Fsp3) is 0.333. The zero-order valence-electron chi connectivity index (χ0n) is 10.7. The summed E-state index contributed by atoms with van der Waals surface area (Å²) in [6.45, 7) is 2.47. The third-order valence-corrected chi connectivity index (χ3v) is 2.97. The number of hydrogen-bond donors (Lipinski definition) is 3. The van der Waals surface area contributed by atoms with Gasteiger partial charge in [0, 0.05) is 12.5 Å². The van der Waals surface area contributed by atoms with Crippen LogP contribution in [0.25, 0.3) is 11.0 Å². The SMILES string of the molecule is CNCC(C)C(=O)Nc1nc2c(Cl)cccc2[nH]1.Cl. The van der Waals surface area contributed by atoms with Gasteiger partial charge in [0.2, 0.25) is 11.9 Å². The maximum absolute atomic E-state index is 11.8. The third-order valence-electron chi connectivity index (χ3n) is 2.66. The lowest BCUT2D eigenvalue weighted by atomic mass is 10.2. The molecule has 0 fully saturated rings. The Balaban J connectivity index is 0.00000180. The van der Waals surface area contributed by atoms with Crippen molar-refractivity contribution in [2.24, 2.45) is 5.92 Å². The molecule has 0 aliphatic carbocycles. The molecule has 0 aliphatic rings. The second-order valence-electron chi connectivity index (χ2n) is 4.17. The minimum absolute atomic E-state index is 0. The first kappa shape index (κ1) is 15.8. The maximum atomic E-state index is 11.8. The Hall–Kier alpha value is -1.30. The molecule has 1 atom stereocenters. The van der Waals surface area contributed by atoms with Crippen LogP contribution in [0.1, 0.15) is 6.92 Å². The summed E-state index contributed by atoms with van der Waals surface area (Å²) in [7, 11) is 1.81. The first-order valence-corrected chi connectivity index (χ1v) is 6.09. The number of rotatable bonds is 4. The number of imidazole rings is 1. The fourth-order valence-corrected chi connectivity index (χ4v) is 1.91. The number of para-hydroxylation sites is 1. The molecule has 7 heteroatoms. The molecule has 0 bridgehead atoms. The van der Waals surface area contributed by atoms with E-state index in [1.54, 1.807) is 6.07 Å². The van der Waals surface area contributed by atoms with Gasteiger partial charge in [0.25, 0.3) is 0 Å². The highest BCUT2D eigenvalue weighted by atomic mass is 35.5. The highest BCUT2D eigenvalue weighted by Crippen LogP contribution is 2.22. The number of benzene rings is 1. The Bertz CT molecular complexity index is 570. The van der Waals surface area contributed by atoms with Gasteiger partial charge in [-0.15, -0.1) is 12.4 Å². The maximum Gasteiger partial charge on any atom is 0.230 e. The molecule has 0 radical (unpaired) electrons. The Morgan fingerprint density at radius 3 is 2.89 bits per heavy atom. The van der Waals surface area contributed by atoms with Crippen LogP contribution in [0.15, 0.2) is 18.2 Å². The molecule has 1 unspecified atom stereocenters. The van der Waals surface area contributed by atoms with Gasteiger partial charge >= 0.3 is 0 Å². The van der Waals surface area contributed by atoms with Gasteiger partial charge in [0.15, 0.2) is 0 Å². The molecular formula is C12H16Cl2N4O. The van der Waals surface area contributed by atoms with E-state index < -0.39 is 0 Å². The lowest BCUT2D eigenvalue weighted by Crippen LogP contribution is -2.28. The monoisotopic (exact) mass is 302 g/mol. The van der Waals surface area contributed by atoms with Crippen molar-refractivity contribution < 1.29 is 4.79 Å². The van der Waals surface area contributed by atoms with Gasteiger partial charge in [-0.3, -0.25) is 10.1 Å². The second-order valence-corrected chi connectivity index (χ2v) is 4.58. The number of nitrogens with zero attached hydrogens (tertiary/aromatic N) is 1. The molecule has 1 aromatic carbocycles. The molecule has 3 N–H and O–H groups in total. The van der Waals surface area contributed by atoms with Crippen LogP contribution in [-0.2, 0) is 4.79 Å². The number of halogens is 2. The van der Waals surface area contributed by atoms with E-state index in [0.717, 1.165) is 5.52 Å². The smallest absolute Gasteiger partial charge is 0.230 e. The van der Waals surface area contributed by atoms with E-state index in [1.165, 1.54) is 0 Å². The van der Waals surface area contributed by atoms with Crippen LogP contribution in [0, 0.1) is 5.92 Å². The largest absolute Gasteiger partial charge is 0.324 e. The van der Waals surface area contributed by atoms with Crippen LogP contribution < -0.4 is 10.6 Å². The minimum atomic E-state index is -0.126. The molecule has 2 rings (SSSR count). The number of amides is 1. The second kappa shape index (κ2) is 6.75. The number of aromatic amines is 1. The van der Waals surface area contributed by atoms with E-state index in [-0.39, 0.29) is 24.2 Å². The zero-order valence-corrected chi connectivity index (χ0v) is 12.2. The molecule has 0 saturated carbocycles. The van der Waals surface area contributed by atoms with E-state index in [2.05, 4.69) is 20.6 Å². The van der Waals surface area contributed by atoms with Crippen molar-refractivity contribution in [3.05, 3.63) is 23.2 Å². The molecule has 5 nitrogen and oxygen atoms in total. The molecule has 1 heterocycles. The predicted molar refractivity (Wildman–Crippen MR) is 80.1 cm³/mol. The number of nitrogens with one attached hydrogen (secondary N) is 3. The van der Waals surface area contributed by atoms with Gasteiger partial charge in [-0.05, 0) is 19.2 Å². The van der Waals surface area contributed by atoms with E-state index in [9.17, 15) is 4.79 Å². The van der Waals surface area contributed by atoms with Crippen molar-refractivity contribution in [1.82, 2.24) is 15.3 Å². The van der Waals surface area contributed by atoms with Gasteiger partial charge in [0.05, 0.1) is 10.5 Å². The normalized spacial score (nSPS) is 11.9. The van der Waals surface area contributed by atoms with E-state index in [4.69, 9.17) is 11.6 Å². The highest BCUT2D eigenvalue weighted by molar-refractivity contribution is 6.35. The lowest BCUT2D eigenvalue weighted by molar-refractivity contribution is -0.119. The van der Waals surface area contributed by atoms with Crippen molar-refractivity contribution in [1.29, 1.82) is 0 Å². The third kappa shape index (κ3) is 3.59. The summed E-state index contributed by atoms with van der Waals surface area (Å²) in [4.78, 5) is 19.1. The van der Waals surface area contributed by atoms with Crippen molar-refractivity contribution in [3.63, 3.8) is 0 Å². The summed E-state index contributed by atoms with van der Waals surface area (Å²) in [5.41, 5.74) is 1.47. The number of hydrogen-bond acceptors (Lipinski definition) is 3. The molecule has 0 aliphatic heterocycles. The van der Waals surface area contributed by atoms with Gasteiger partial charge in [-0.1, -0.05) is 24.6 Å². The quantitative estimate of drug-likeness (QED) is 0.812. The average molecular weight is 303 g/mol. The summed E-state index contributed by atoms with van der Waals surface area (Å²) in [6, 6.07) is 5.46. The Kier molecular flexibility index (Phi) is 5.60. The average Bonchev–Trinajstić information content (AvgIpc) is 2.73. The summed E-state index contributed by atoms with van der Waals surface area (Å²) < 4.78 is 0. The summed E-state index contributed by atoms with van der Waals surface area (Å²) >= 11 is 6.01. The zero-order chi connectivity index (χ0) is 13.1. The van der Waals surface area contributed by atoms with Crippen LogP contribution in [0.5, 0.6) is 0 Å². The first-order valence-electron chi connectivity index (χ1n) is 5.71. The fourth-order valence-electron chi connectivity index (χ4n) is 1.70. The number of carbonyl (C=O) groups excluding carboxylic acids is 1. The molecule has 104 valence electrons. The highest BCUT2D eigenvalue weighted by Gasteiger charge is 2.14. The van der Waals surface area contributed by atoms with Crippen molar-refractivity contribution in [3.8, 4) is 0 Å². The van der Waals surface area contributed by atoms with Gasteiger partial charge in [-0.2, -0.15) is 0 Å². The minimum Gasteiger partial charge on any atom is -0.324 e. The van der Waals surface area contributed by atoms with Crippen LogP contribution in [0.4, 0.5) is 5.95 Å². The first-order chi connectivity index (χ1) is 8.61. The standard InChI is InChI=1S/C12H15ClN4O.ClH/c1-7(6-14-2)11(18)17-12-15-9-5-3-4-8(13)10(9)16-12;/h3-5,7,14H,6H2,1-2H3,(H2,15,16,17,18);1H. The van der Waals surface area contributed by atoms with E-state index in [1.807, 2.05) is 26.1 Å². The molecule has 19 heavy (non-hydrogen) atoms. The van der Waals surface area contributed by atoms with Crippen LogP contribution in [-0.4, -0.2) is 29.5 Å². The molecule has 2 aromatic rings. The lowest BCUT2D eigenvalue weighted by Gasteiger charge is -2.09. The van der Waals surface area contributed by atoms with E-state index in [0.29, 0.717) is 23.0 Å². The van der Waals surface area contributed by atoms with Crippen molar-refractivity contribution >= 4 is 46.9 Å². The van der Waals surface area contributed by atoms with Crippen molar-refractivity contribution in [2.75, 3.05) is 18.9 Å². The van der Waals surface area contributed by atoms with Gasteiger partial charge in [-0.25, -0.2) is 4.98 Å². The Morgan fingerprint density at radius 1 is 1.53 bits per heavy atom. The molecule has 0 spiro atoms. The molecular weight excluding hydrogens is 287 g/mol. The molecule has 1 amide bonds. The van der Waals surface area contributed by atoms with Gasteiger partial charge < -0.3 is 10.3 Å². The number of fused-ring (bicyclic) bond motifs is 1. The predicted octanol–water partition coefficient (Wildman–Crippen LogP) is 2.43.